The van der Waals surface area contributed by atoms with Crippen molar-refractivity contribution in [1.82, 2.24) is 0 Å². The molecule has 0 saturated carbocycles. The molecule has 1 amide bonds. The van der Waals surface area contributed by atoms with Crippen LogP contribution in [-0.2, 0) is 4.79 Å². The van der Waals surface area contributed by atoms with Crippen molar-refractivity contribution in [3.05, 3.63) is 71.2 Å². The second-order valence-corrected chi connectivity index (χ2v) is 5.01. The highest BCUT2D eigenvalue weighted by atomic mass is 79.9. The molecule has 3 heteroatoms. The van der Waals surface area contributed by atoms with Crippen LogP contribution in [0.15, 0.2) is 65.6 Å². The first-order valence-corrected chi connectivity index (χ1v) is 6.67. The molecule has 0 heterocycles. The highest BCUT2D eigenvalue weighted by Gasteiger charge is 2.17. The second-order valence-electron chi connectivity index (χ2n) is 4.16. The summed E-state index contributed by atoms with van der Waals surface area (Å²) in [6.45, 7) is 3.89. The van der Waals surface area contributed by atoms with Gasteiger partial charge in [-0.2, -0.15) is 0 Å². The lowest BCUT2D eigenvalue weighted by molar-refractivity contribution is -0.113. The number of anilines is 1. The number of carbonyl (C=O) groups excluding carboxylic acids is 1. The van der Waals surface area contributed by atoms with Gasteiger partial charge in [0.15, 0.2) is 0 Å². The fourth-order valence-electron chi connectivity index (χ4n) is 1.80. The normalized spacial score (nSPS) is 10.0. The van der Waals surface area contributed by atoms with E-state index >= 15 is 0 Å². The SMILES string of the molecule is C=C(C(=O)N(C)c1ccccc1Br)c1ccccc1. The lowest BCUT2D eigenvalue weighted by atomic mass is 10.1. The Morgan fingerprint density at radius 3 is 2.26 bits per heavy atom. The summed E-state index contributed by atoms with van der Waals surface area (Å²) < 4.78 is 0.881. The van der Waals surface area contributed by atoms with Crippen molar-refractivity contribution in [2.45, 2.75) is 0 Å². The Morgan fingerprint density at radius 2 is 1.63 bits per heavy atom. The monoisotopic (exact) mass is 315 g/mol. The standard InChI is InChI=1S/C16H14BrNO/c1-12(13-8-4-3-5-9-13)16(19)18(2)15-11-7-6-10-14(15)17/h3-11H,1H2,2H3. The molecule has 0 aliphatic heterocycles. The first-order valence-electron chi connectivity index (χ1n) is 5.88. The molecular weight excluding hydrogens is 302 g/mol. The average Bonchev–Trinajstić information content (AvgIpc) is 2.46. The third kappa shape index (κ3) is 2.93. The number of hydrogen-bond acceptors (Lipinski definition) is 1. The largest absolute Gasteiger partial charge is 0.310 e. The molecule has 0 aromatic heterocycles. The summed E-state index contributed by atoms with van der Waals surface area (Å²) in [5.74, 6) is -0.113. The van der Waals surface area contributed by atoms with Gasteiger partial charge in [0.1, 0.15) is 0 Å². The van der Waals surface area contributed by atoms with Crippen molar-refractivity contribution < 1.29 is 4.79 Å². The zero-order valence-corrected chi connectivity index (χ0v) is 12.2. The summed E-state index contributed by atoms with van der Waals surface area (Å²) in [6.07, 6.45) is 0. The molecule has 2 nitrogen and oxygen atoms in total. The first-order chi connectivity index (χ1) is 9.11. The van der Waals surface area contributed by atoms with Crippen molar-refractivity contribution in [2.75, 3.05) is 11.9 Å². The third-order valence-electron chi connectivity index (χ3n) is 2.90. The van der Waals surface area contributed by atoms with Crippen molar-refractivity contribution in [3.63, 3.8) is 0 Å². The Morgan fingerprint density at radius 1 is 1.05 bits per heavy atom. The number of rotatable bonds is 3. The smallest absolute Gasteiger partial charge is 0.258 e. The Hall–Kier alpha value is -1.87. The van der Waals surface area contributed by atoms with Crippen molar-refractivity contribution in [2.24, 2.45) is 0 Å². The molecule has 0 atom stereocenters. The topological polar surface area (TPSA) is 20.3 Å². The van der Waals surface area contributed by atoms with E-state index in [0.29, 0.717) is 5.57 Å². The Bertz CT molecular complexity index is 607. The van der Waals surface area contributed by atoms with E-state index in [0.717, 1.165) is 15.7 Å². The van der Waals surface area contributed by atoms with Gasteiger partial charge in [0.25, 0.3) is 5.91 Å². The number of hydrogen-bond donors (Lipinski definition) is 0. The fraction of sp³-hybridized carbons (Fsp3) is 0.0625. The maximum atomic E-state index is 12.4. The molecule has 0 saturated heterocycles. The number of likely N-dealkylation sites (N-methyl/N-ethyl adjacent to an activating group) is 1. The van der Waals surface area contributed by atoms with E-state index in [2.05, 4.69) is 22.5 Å². The van der Waals surface area contributed by atoms with Crippen LogP contribution < -0.4 is 4.90 Å². The minimum absolute atomic E-state index is 0.113. The summed E-state index contributed by atoms with van der Waals surface area (Å²) in [6, 6.07) is 17.1. The molecule has 0 unspecified atom stereocenters. The van der Waals surface area contributed by atoms with Gasteiger partial charge in [-0.25, -0.2) is 0 Å². The van der Waals surface area contributed by atoms with E-state index in [4.69, 9.17) is 0 Å². The summed E-state index contributed by atoms with van der Waals surface area (Å²) in [5.41, 5.74) is 2.15. The fourth-order valence-corrected chi connectivity index (χ4v) is 2.35. The Labute approximate surface area is 121 Å². The van der Waals surface area contributed by atoms with E-state index in [1.165, 1.54) is 0 Å². The maximum Gasteiger partial charge on any atom is 0.258 e. The number of benzene rings is 2. The van der Waals surface area contributed by atoms with E-state index in [-0.39, 0.29) is 5.91 Å². The molecule has 0 fully saturated rings. The van der Waals surface area contributed by atoms with Gasteiger partial charge >= 0.3 is 0 Å². The van der Waals surface area contributed by atoms with E-state index in [1.54, 1.807) is 11.9 Å². The molecule has 2 aromatic carbocycles. The number of halogens is 1. The van der Waals surface area contributed by atoms with Crippen LogP contribution >= 0.6 is 15.9 Å². The van der Waals surface area contributed by atoms with Crippen LogP contribution in [0.2, 0.25) is 0 Å². The van der Waals surface area contributed by atoms with Crippen LogP contribution in [0.5, 0.6) is 0 Å². The highest BCUT2D eigenvalue weighted by Crippen LogP contribution is 2.27. The lowest BCUT2D eigenvalue weighted by Gasteiger charge is -2.20. The van der Waals surface area contributed by atoms with Gasteiger partial charge in [-0.05, 0) is 33.6 Å². The average molecular weight is 316 g/mol. The van der Waals surface area contributed by atoms with Gasteiger partial charge in [-0.3, -0.25) is 4.79 Å². The molecule has 0 spiro atoms. The molecule has 2 rings (SSSR count). The number of para-hydroxylation sites is 1. The quantitative estimate of drug-likeness (QED) is 0.780. The zero-order chi connectivity index (χ0) is 13.8. The lowest BCUT2D eigenvalue weighted by Crippen LogP contribution is -2.27. The summed E-state index contributed by atoms with van der Waals surface area (Å²) in [4.78, 5) is 14.0. The van der Waals surface area contributed by atoms with Crippen molar-refractivity contribution >= 4 is 33.1 Å². The number of nitrogens with zero attached hydrogens (tertiary/aromatic N) is 1. The minimum Gasteiger partial charge on any atom is -0.310 e. The van der Waals surface area contributed by atoms with Gasteiger partial charge in [-0.15, -0.1) is 0 Å². The van der Waals surface area contributed by atoms with Crippen LogP contribution in [-0.4, -0.2) is 13.0 Å². The molecule has 0 bridgehead atoms. The maximum absolute atomic E-state index is 12.4. The number of amides is 1. The molecule has 0 radical (unpaired) electrons. The third-order valence-corrected chi connectivity index (χ3v) is 3.57. The van der Waals surface area contributed by atoms with Crippen molar-refractivity contribution in [1.29, 1.82) is 0 Å². The van der Waals surface area contributed by atoms with Gasteiger partial charge in [0, 0.05) is 17.1 Å². The molecular formula is C16H14BrNO. The Kier molecular flexibility index (Phi) is 4.17. The number of carbonyl (C=O) groups is 1. The molecule has 2 aromatic rings. The minimum atomic E-state index is -0.113. The molecule has 0 aliphatic rings. The summed E-state index contributed by atoms with van der Waals surface area (Å²) in [5, 5.41) is 0. The second kappa shape index (κ2) is 5.85. The summed E-state index contributed by atoms with van der Waals surface area (Å²) in [7, 11) is 1.75. The molecule has 0 aliphatic carbocycles. The molecule has 96 valence electrons. The van der Waals surface area contributed by atoms with Gasteiger partial charge in [-0.1, -0.05) is 49.0 Å². The van der Waals surface area contributed by atoms with Gasteiger partial charge in [0.2, 0.25) is 0 Å². The van der Waals surface area contributed by atoms with E-state index < -0.39 is 0 Å². The predicted molar refractivity (Wildman–Crippen MR) is 83.0 cm³/mol. The van der Waals surface area contributed by atoms with E-state index in [9.17, 15) is 4.79 Å². The van der Waals surface area contributed by atoms with Gasteiger partial charge in [0.05, 0.1) is 5.69 Å². The molecule has 0 N–H and O–H groups in total. The van der Waals surface area contributed by atoms with Crippen LogP contribution in [0.3, 0.4) is 0 Å². The Balaban J connectivity index is 2.26. The molecule has 19 heavy (non-hydrogen) atoms. The zero-order valence-electron chi connectivity index (χ0n) is 10.6. The van der Waals surface area contributed by atoms with Gasteiger partial charge < -0.3 is 4.90 Å². The van der Waals surface area contributed by atoms with Crippen LogP contribution in [0.25, 0.3) is 5.57 Å². The van der Waals surface area contributed by atoms with Crippen LogP contribution in [0, 0.1) is 0 Å². The summed E-state index contributed by atoms with van der Waals surface area (Å²) >= 11 is 3.45. The van der Waals surface area contributed by atoms with Crippen molar-refractivity contribution in [3.8, 4) is 0 Å². The van der Waals surface area contributed by atoms with E-state index in [1.807, 2.05) is 54.6 Å². The highest BCUT2D eigenvalue weighted by molar-refractivity contribution is 9.10. The van der Waals surface area contributed by atoms with Crippen LogP contribution in [0.4, 0.5) is 5.69 Å². The predicted octanol–water partition coefficient (Wildman–Crippen LogP) is 4.13. The first kappa shape index (κ1) is 13.6. The van der Waals surface area contributed by atoms with Crippen LogP contribution in [0.1, 0.15) is 5.56 Å².